The average molecular weight is 996 g/mol. The van der Waals surface area contributed by atoms with Crippen molar-refractivity contribution in [2.24, 2.45) is 5.73 Å². The number of carbonyl (C=O) groups excluding carboxylic acids is 1. The Labute approximate surface area is 389 Å². The second-order valence-corrected chi connectivity index (χ2v) is 18.1. The maximum atomic E-state index is 14.5. The number of aliphatic hydroxyl groups excluding tert-OH is 1. The number of aryl methyl sites for hydroxylation is 2. The number of thiocarbonyl (C=S) groups is 1. The first-order chi connectivity index (χ1) is 30.4. The normalized spacial score (nSPS) is 15.0. The quantitative estimate of drug-likeness (QED) is 0.0626. The molecular formula is C45H57BrF6N10O2S. The van der Waals surface area contributed by atoms with E-state index in [1.165, 1.54) is 18.2 Å². The minimum absolute atomic E-state index is 0.120. The molecule has 0 atom stereocenters. The van der Waals surface area contributed by atoms with Gasteiger partial charge in [-0.05, 0) is 76.0 Å². The molecule has 0 bridgehead atoms. The fourth-order valence-electron chi connectivity index (χ4n) is 6.93. The van der Waals surface area contributed by atoms with Crippen molar-refractivity contribution in [3.63, 3.8) is 0 Å². The Hall–Kier alpha value is -4.92. The first-order valence-corrected chi connectivity index (χ1v) is 22.4. The van der Waals surface area contributed by atoms with Crippen molar-refractivity contribution in [1.82, 2.24) is 29.5 Å². The number of benzene rings is 3. The topological polar surface area (TPSA) is 161 Å². The molecule has 3 aliphatic heterocycles. The summed E-state index contributed by atoms with van der Waals surface area (Å²) in [6.45, 7) is 19.6. The van der Waals surface area contributed by atoms with Gasteiger partial charge in [-0.25, -0.2) is 26.3 Å². The van der Waals surface area contributed by atoms with Gasteiger partial charge in [0.1, 0.15) is 52.1 Å². The highest BCUT2D eigenvalue weighted by Gasteiger charge is 2.38. The molecule has 20 heteroatoms. The molecule has 8 rings (SSSR count). The van der Waals surface area contributed by atoms with Gasteiger partial charge in [0.05, 0.1) is 39.0 Å². The zero-order valence-corrected chi connectivity index (χ0v) is 40.6. The van der Waals surface area contributed by atoms with E-state index in [1.54, 1.807) is 16.1 Å². The number of ketones is 1. The van der Waals surface area contributed by atoms with Crippen LogP contribution in [0.15, 0.2) is 34.8 Å². The fraction of sp³-hybridized carbons (Fsp3) is 0.467. The van der Waals surface area contributed by atoms with E-state index in [0.29, 0.717) is 78.2 Å². The van der Waals surface area contributed by atoms with Crippen LogP contribution >= 0.6 is 28.1 Å². The van der Waals surface area contributed by atoms with Crippen molar-refractivity contribution >= 4 is 55.9 Å². The number of nitrogens with two attached hydrogens (primary N) is 1. The zero-order chi connectivity index (χ0) is 48.8. The Bertz CT molecular complexity index is 2520. The molecule has 0 unspecified atom stereocenters. The molecule has 0 aliphatic carbocycles. The summed E-state index contributed by atoms with van der Waals surface area (Å²) in [5.41, 5.74) is 5.79. The van der Waals surface area contributed by atoms with Crippen LogP contribution in [0.4, 0.5) is 43.4 Å². The van der Waals surface area contributed by atoms with Crippen molar-refractivity contribution in [3.05, 3.63) is 98.6 Å². The SMILES string of the molecule is CC1(C)Nc2cc(F)cc(F)c2CC1=S.CCC(=O)CN.CCCCO.CCc1nnc2n1-c1c(F)cc(F)cc1NC2(C)C.CCc1nnc2n1-c1c(cc(F)c(Br)c1F)NC2(C)C. The summed E-state index contributed by atoms with van der Waals surface area (Å²) in [6, 6.07) is 5.65. The van der Waals surface area contributed by atoms with Gasteiger partial charge in [-0.15, -0.1) is 20.4 Å². The molecule has 5 heterocycles. The number of aromatic nitrogens is 6. The van der Waals surface area contributed by atoms with Gasteiger partial charge in [0.25, 0.3) is 0 Å². The lowest BCUT2D eigenvalue weighted by molar-refractivity contribution is -0.117. The maximum absolute atomic E-state index is 14.5. The van der Waals surface area contributed by atoms with Gasteiger partial charge in [-0.2, -0.15) is 0 Å². The smallest absolute Gasteiger partial charge is 0.166 e. The molecule has 0 amide bonds. The van der Waals surface area contributed by atoms with Gasteiger partial charge in [0, 0.05) is 66.6 Å². The van der Waals surface area contributed by atoms with Crippen LogP contribution in [0.1, 0.15) is 117 Å². The molecule has 3 aliphatic rings. The maximum Gasteiger partial charge on any atom is 0.166 e. The molecule has 0 saturated carbocycles. The number of hydrogen-bond donors (Lipinski definition) is 5. The Kier molecular flexibility index (Phi) is 17.5. The predicted octanol–water partition coefficient (Wildman–Crippen LogP) is 10.1. The van der Waals surface area contributed by atoms with Crippen LogP contribution in [0.5, 0.6) is 0 Å². The van der Waals surface area contributed by atoms with Gasteiger partial charge in [-0.1, -0.05) is 46.3 Å². The number of nitrogens with zero attached hydrogens (tertiary/aromatic N) is 6. The highest BCUT2D eigenvalue weighted by molar-refractivity contribution is 9.10. The van der Waals surface area contributed by atoms with E-state index in [2.05, 4.69) is 59.2 Å². The molecule has 5 aromatic rings. The highest BCUT2D eigenvalue weighted by Crippen LogP contribution is 2.42. The van der Waals surface area contributed by atoms with Crippen LogP contribution in [0.25, 0.3) is 11.4 Å². The number of unbranched alkanes of at least 4 members (excludes halogenated alkanes) is 1. The molecule has 12 nitrogen and oxygen atoms in total. The minimum Gasteiger partial charge on any atom is -0.396 e. The molecule has 0 fully saturated rings. The van der Waals surface area contributed by atoms with Crippen LogP contribution in [0, 0.1) is 34.9 Å². The fourth-order valence-corrected chi connectivity index (χ4v) is 7.43. The van der Waals surface area contributed by atoms with Gasteiger partial charge in [-0.3, -0.25) is 13.9 Å². The van der Waals surface area contributed by atoms with Crippen LogP contribution < -0.4 is 21.7 Å². The van der Waals surface area contributed by atoms with Crippen molar-refractivity contribution in [2.75, 3.05) is 29.1 Å². The van der Waals surface area contributed by atoms with E-state index in [1.807, 2.05) is 55.4 Å². The Morgan fingerprint density at radius 3 is 1.65 bits per heavy atom. The number of hydrogen-bond acceptors (Lipinski definition) is 11. The standard InChI is InChI=1S/C13H13BrF2N4.C13H14F2N4.C11H11F2NS.C4H9NO.C4H10O/c1-4-8-18-19-12-13(2,3)17-7-5-6(15)9(14)10(16)11(7)20(8)12;1-4-10-17-18-12-13(2,3)16-9-6-7(14)5-8(15)11(9)19(10)12;1-11(2)10(15)5-7-8(13)3-6(12)4-9(7)14-11;1-2-4(6)3-5;1-2-3-4-5/h5,17H,4H2,1-3H3;5-6,16H,4H2,1-3H3;3-4,14H,5H2,1-2H3;2-3,5H2,1H3;5H,2-4H2,1H3. The second kappa shape index (κ2) is 21.6. The number of aliphatic hydroxyl groups is 1. The highest BCUT2D eigenvalue weighted by atomic mass is 79.9. The van der Waals surface area contributed by atoms with E-state index in [4.69, 9.17) is 23.1 Å². The van der Waals surface area contributed by atoms with Crippen LogP contribution in [-0.4, -0.2) is 64.0 Å². The number of nitrogens with one attached hydrogen (secondary N) is 3. The molecule has 0 spiro atoms. The molecule has 0 saturated heterocycles. The summed E-state index contributed by atoms with van der Waals surface area (Å²) >= 11 is 8.13. The van der Waals surface area contributed by atoms with Crippen molar-refractivity contribution in [3.8, 4) is 11.4 Å². The largest absolute Gasteiger partial charge is 0.396 e. The van der Waals surface area contributed by atoms with E-state index in [0.717, 1.165) is 29.8 Å². The van der Waals surface area contributed by atoms with E-state index >= 15 is 0 Å². The lowest BCUT2D eigenvalue weighted by Gasteiger charge is -2.34. The van der Waals surface area contributed by atoms with E-state index in [9.17, 15) is 31.1 Å². The number of carbonyl (C=O) groups is 1. The van der Waals surface area contributed by atoms with Crippen molar-refractivity contribution < 1.29 is 36.2 Å². The number of halogens is 7. The third-order valence-electron chi connectivity index (χ3n) is 10.5. The van der Waals surface area contributed by atoms with Crippen LogP contribution in [-0.2, 0) is 35.1 Å². The van der Waals surface area contributed by atoms with Crippen LogP contribution in [0.3, 0.4) is 0 Å². The van der Waals surface area contributed by atoms with E-state index < -0.39 is 46.0 Å². The summed E-state index contributed by atoms with van der Waals surface area (Å²) in [4.78, 5) is 10.8. The van der Waals surface area contributed by atoms with Gasteiger partial charge >= 0.3 is 0 Å². The third-order valence-corrected chi connectivity index (χ3v) is 11.9. The monoisotopic (exact) mass is 994 g/mol. The summed E-state index contributed by atoms with van der Waals surface area (Å²) in [7, 11) is 0. The molecule has 65 heavy (non-hydrogen) atoms. The lowest BCUT2D eigenvalue weighted by Crippen LogP contribution is -2.44. The lowest BCUT2D eigenvalue weighted by atomic mass is 9.89. The van der Waals surface area contributed by atoms with Crippen molar-refractivity contribution in [2.45, 2.75) is 124 Å². The van der Waals surface area contributed by atoms with Crippen LogP contribution in [0.2, 0.25) is 0 Å². The van der Waals surface area contributed by atoms with Gasteiger partial charge < -0.3 is 26.8 Å². The third kappa shape index (κ3) is 11.7. The Morgan fingerprint density at radius 2 is 1.20 bits per heavy atom. The van der Waals surface area contributed by atoms with Gasteiger partial charge in [0.15, 0.2) is 23.3 Å². The number of anilines is 3. The first-order valence-electron chi connectivity index (χ1n) is 21.2. The summed E-state index contributed by atoms with van der Waals surface area (Å²) in [5.74, 6) is -0.945. The molecule has 3 aromatic carbocycles. The number of rotatable bonds is 6. The Balaban J connectivity index is 0.000000193. The van der Waals surface area contributed by atoms with Gasteiger partial charge in [0.2, 0.25) is 0 Å². The Morgan fingerprint density at radius 1 is 0.723 bits per heavy atom. The van der Waals surface area contributed by atoms with Crippen molar-refractivity contribution in [1.29, 1.82) is 0 Å². The summed E-state index contributed by atoms with van der Waals surface area (Å²) in [5, 5.41) is 33.8. The van der Waals surface area contributed by atoms with E-state index in [-0.39, 0.29) is 33.7 Å². The number of Topliss-reactive ketones (excluding diaryl/α,β-unsaturated/α-hetero) is 1. The molecule has 0 radical (unpaired) electrons. The second-order valence-electron chi connectivity index (χ2n) is 16.9. The molecule has 2 aromatic heterocycles. The molecule has 6 N–H and O–H groups in total. The number of fused-ring (bicyclic) bond motifs is 7. The summed E-state index contributed by atoms with van der Waals surface area (Å²) < 4.78 is 85.3. The zero-order valence-electron chi connectivity index (χ0n) is 38.2. The molecular weight excluding hydrogens is 939 g/mol. The summed E-state index contributed by atoms with van der Waals surface area (Å²) in [6.07, 6.45) is 4.22. The average Bonchev–Trinajstić information content (AvgIpc) is 3.87. The minimum atomic E-state index is -0.654. The molecule has 354 valence electrons. The first kappa shape index (κ1) is 52.7. The predicted molar refractivity (Wildman–Crippen MR) is 249 cm³/mol.